The van der Waals surface area contributed by atoms with E-state index < -0.39 is 0 Å². The molecule has 1 fully saturated rings. The molecule has 2 aromatic heterocycles. The summed E-state index contributed by atoms with van der Waals surface area (Å²) in [5.41, 5.74) is 0. The van der Waals surface area contributed by atoms with Crippen LogP contribution in [-0.2, 0) is 0 Å². The molecule has 4 heteroatoms. The van der Waals surface area contributed by atoms with Crippen LogP contribution in [0.4, 0.5) is 5.00 Å². The zero-order valence-electron chi connectivity index (χ0n) is 9.69. The van der Waals surface area contributed by atoms with Crippen LogP contribution in [0.15, 0.2) is 24.5 Å². The maximum Gasteiger partial charge on any atom is 0.0994 e. The van der Waals surface area contributed by atoms with Crippen molar-refractivity contribution in [2.75, 3.05) is 4.72 Å². The van der Waals surface area contributed by atoms with Gasteiger partial charge in [0.05, 0.1) is 5.00 Å². The molecule has 2 heterocycles. The summed E-state index contributed by atoms with van der Waals surface area (Å²) < 4.78 is 4.82. The molecule has 3 rings (SSSR count). The van der Waals surface area contributed by atoms with Crippen molar-refractivity contribution in [1.82, 2.24) is 4.98 Å². The predicted octanol–water partition coefficient (Wildman–Crippen LogP) is 4.69. The van der Waals surface area contributed by atoms with E-state index in [1.807, 2.05) is 35.7 Å². The van der Waals surface area contributed by atoms with E-state index in [0.29, 0.717) is 0 Å². The highest BCUT2D eigenvalue weighted by atomic mass is 32.2. The number of rotatable bonds is 3. The molecule has 0 bridgehead atoms. The van der Waals surface area contributed by atoms with Crippen molar-refractivity contribution in [3.63, 3.8) is 0 Å². The Morgan fingerprint density at radius 3 is 3.00 bits per heavy atom. The van der Waals surface area contributed by atoms with E-state index in [2.05, 4.69) is 21.8 Å². The van der Waals surface area contributed by atoms with Gasteiger partial charge in [-0.25, -0.2) is 0 Å². The van der Waals surface area contributed by atoms with Crippen molar-refractivity contribution in [2.45, 2.75) is 37.4 Å². The molecule has 0 atom stereocenters. The quantitative estimate of drug-likeness (QED) is 0.814. The highest BCUT2D eigenvalue weighted by Crippen LogP contribution is 2.34. The van der Waals surface area contributed by atoms with Crippen molar-refractivity contribution in [1.29, 1.82) is 0 Å². The summed E-state index contributed by atoms with van der Waals surface area (Å²) in [5.74, 6) is 0. The molecule has 0 aliphatic heterocycles. The van der Waals surface area contributed by atoms with Gasteiger partial charge in [-0.15, -0.1) is 11.3 Å². The molecule has 2 aromatic rings. The van der Waals surface area contributed by atoms with Gasteiger partial charge in [-0.05, 0) is 36.9 Å². The molecule has 0 amide bonds. The van der Waals surface area contributed by atoms with Gasteiger partial charge in [-0.3, -0.25) is 4.98 Å². The lowest BCUT2D eigenvalue weighted by Gasteiger charge is -2.20. The van der Waals surface area contributed by atoms with E-state index in [-0.39, 0.29) is 0 Å². The second-order valence-corrected chi connectivity index (χ2v) is 6.69. The number of nitrogens with one attached hydrogen (secondary N) is 1. The van der Waals surface area contributed by atoms with Crippen molar-refractivity contribution in [3.8, 4) is 0 Å². The minimum atomic E-state index is 0.798. The second-order valence-electron chi connectivity index (χ2n) is 4.50. The summed E-state index contributed by atoms with van der Waals surface area (Å²) in [7, 11) is 0. The monoisotopic (exact) mass is 264 g/mol. The Hall–Kier alpha value is -0.740. The number of fused-ring (bicyclic) bond motifs is 1. The summed E-state index contributed by atoms with van der Waals surface area (Å²) in [6.07, 6.45) is 10.7. The normalized spacial score (nSPS) is 17.4. The van der Waals surface area contributed by atoms with E-state index in [1.165, 1.54) is 47.2 Å². The minimum absolute atomic E-state index is 0.798. The van der Waals surface area contributed by atoms with Gasteiger partial charge in [0.2, 0.25) is 0 Å². The maximum atomic E-state index is 4.15. The average molecular weight is 264 g/mol. The first-order chi connectivity index (χ1) is 8.42. The molecule has 1 N–H and O–H groups in total. The standard InChI is InChI=1S/C13H16N2S2/c1-2-4-11(5-3-1)17-15-13-8-10-9-14-7-6-12(10)16-13/h6-9,11,15H,1-5H2. The third-order valence-corrected chi connectivity index (χ3v) is 5.50. The SMILES string of the molecule is c1cc2sc(NSC3CCCCC3)cc2cn1. The lowest BCUT2D eigenvalue weighted by atomic mass is 10.0. The van der Waals surface area contributed by atoms with Gasteiger partial charge in [-0.1, -0.05) is 19.3 Å². The number of aromatic nitrogens is 1. The summed E-state index contributed by atoms with van der Waals surface area (Å²) in [5, 5.41) is 3.29. The molecule has 0 radical (unpaired) electrons. The van der Waals surface area contributed by atoms with Crippen LogP contribution in [0.25, 0.3) is 10.1 Å². The molecule has 2 nitrogen and oxygen atoms in total. The Balaban J connectivity index is 1.64. The van der Waals surface area contributed by atoms with Gasteiger partial charge in [0.15, 0.2) is 0 Å². The van der Waals surface area contributed by atoms with E-state index >= 15 is 0 Å². The van der Waals surface area contributed by atoms with Crippen molar-refractivity contribution in [2.24, 2.45) is 0 Å². The number of hydrogen-bond acceptors (Lipinski definition) is 4. The Morgan fingerprint density at radius 2 is 2.18 bits per heavy atom. The third-order valence-electron chi connectivity index (χ3n) is 3.20. The van der Waals surface area contributed by atoms with Crippen LogP contribution < -0.4 is 4.72 Å². The molecule has 0 spiro atoms. The summed E-state index contributed by atoms with van der Waals surface area (Å²) in [6, 6.07) is 4.28. The van der Waals surface area contributed by atoms with Crippen LogP contribution in [0, 0.1) is 0 Å². The smallest absolute Gasteiger partial charge is 0.0994 e. The molecule has 1 aliphatic rings. The Bertz CT molecular complexity index is 456. The Labute approximate surface area is 110 Å². The van der Waals surface area contributed by atoms with Gasteiger partial charge in [0, 0.05) is 27.7 Å². The van der Waals surface area contributed by atoms with E-state index in [4.69, 9.17) is 0 Å². The Kier molecular flexibility index (Phi) is 3.52. The maximum absolute atomic E-state index is 4.15. The van der Waals surface area contributed by atoms with Gasteiger partial charge in [0.25, 0.3) is 0 Å². The van der Waals surface area contributed by atoms with Crippen LogP contribution in [-0.4, -0.2) is 10.2 Å². The third kappa shape index (κ3) is 2.75. The summed E-state index contributed by atoms with van der Waals surface area (Å²) in [4.78, 5) is 4.15. The van der Waals surface area contributed by atoms with Crippen molar-refractivity contribution >= 4 is 38.4 Å². The minimum Gasteiger partial charge on any atom is -0.321 e. The summed E-state index contributed by atoms with van der Waals surface area (Å²) in [6.45, 7) is 0. The van der Waals surface area contributed by atoms with E-state index in [1.54, 1.807) is 0 Å². The summed E-state index contributed by atoms with van der Waals surface area (Å²) >= 11 is 3.72. The number of nitrogens with zero attached hydrogens (tertiary/aromatic N) is 1. The lowest BCUT2D eigenvalue weighted by Crippen LogP contribution is -2.09. The number of anilines is 1. The number of hydrogen-bond donors (Lipinski definition) is 1. The molecule has 90 valence electrons. The van der Waals surface area contributed by atoms with Gasteiger partial charge in [-0.2, -0.15) is 0 Å². The van der Waals surface area contributed by atoms with Gasteiger partial charge < -0.3 is 4.72 Å². The first-order valence-electron chi connectivity index (χ1n) is 6.17. The first-order valence-corrected chi connectivity index (χ1v) is 7.87. The fourth-order valence-electron chi connectivity index (χ4n) is 2.26. The highest BCUT2D eigenvalue weighted by molar-refractivity contribution is 8.01. The molecule has 1 aliphatic carbocycles. The fourth-order valence-corrected chi connectivity index (χ4v) is 4.26. The molecule has 0 aromatic carbocycles. The van der Waals surface area contributed by atoms with E-state index in [9.17, 15) is 0 Å². The lowest BCUT2D eigenvalue weighted by molar-refractivity contribution is 0.516. The topological polar surface area (TPSA) is 24.9 Å². The number of pyridine rings is 1. The molecule has 0 unspecified atom stereocenters. The van der Waals surface area contributed by atoms with Gasteiger partial charge in [0.1, 0.15) is 0 Å². The average Bonchev–Trinajstić information content (AvgIpc) is 2.80. The largest absolute Gasteiger partial charge is 0.321 e. The van der Waals surface area contributed by atoms with E-state index in [0.717, 1.165) is 5.25 Å². The van der Waals surface area contributed by atoms with Crippen LogP contribution in [0.3, 0.4) is 0 Å². The van der Waals surface area contributed by atoms with Crippen molar-refractivity contribution < 1.29 is 0 Å². The Morgan fingerprint density at radius 1 is 1.29 bits per heavy atom. The van der Waals surface area contributed by atoms with Crippen LogP contribution in [0.5, 0.6) is 0 Å². The molecular formula is C13H16N2S2. The highest BCUT2D eigenvalue weighted by Gasteiger charge is 2.14. The number of thiophene rings is 1. The zero-order chi connectivity index (χ0) is 11.5. The van der Waals surface area contributed by atoms with Crippen LogP contribution in [0.2, 0.25) is 0 Å². The predicted molar refractivity (Wildman–Crippen MR) is 77.7 cm³/mol. The second kappa shape index (κ2) is 5.27. The zero-order valence-corrected chi connectivity index (χ0v) is 11.3. The molecular weight excluding hydrogens is 248 g/mol. The fraction of sp³-hybridized carbons (Fsp3) is 0.462. The van der Waals surface area contributed by atoms with Crippen LogP contribution >= 0.6 is 23.3 Å². The van der Waals surface area contributed by atoms with Crippen molar-refractivity contribution in [3.05, 3.63) is 24.5 Å². The van der Waals surface area contributed by atoms with Crippen LogP contribution in [0.1, 0.15) is 32.1 Å². The first kappa shape index (κ1) is 11.4. The van der Waals surface area contributed by atoms with Gasteiger partial charge >= 0.3 is 0 Å². The molecule has 1 saturated carbocycles. The molecule has 17 heavy (non-hydrogen) atoms. The molecule has 0 saturated heterocycles.